The average Bonchev–Trinajstić information content (AvgIpc) is 2.69. The van der Waals surface area contributed by atoms with Gasteiger partial charge in [0, 0.05) is 37.2 Å². The molecule has 8 heteroatoms. The van der Waals surface area contributed by atoms with E-state index in [1.165, 1.54) is 6.07 Å². The number of carbonyl (C=O) groups is 2. The minimum absolute atomic E-state index is 0.0800. The Morgan fingerprint density at radius 1 is 1.17 bits per heavy atom. The Balaban J connectivity index is 1.42. The lowest BCUT2D eigenvalue weighted by Crippen LogP contribution is -2.43. The molecule has 1 N–H and O–H groups in total. The number of rotatable bonds is 5. The van der Waals surface area contributed by atoms with E-state index in [0.29, 0.717) is 36.9 Å². The standard InChI is InChI=1S/C22H28N2O6/c1-22(2,3)30-21(27)23-13-15-8-10-24(11-9-15)19(25)14-28-17-6-4-16-5-7-20(26)29-18(16)12-17/h4-7,12,15H,8-11,13-14H2,1-3H3,(H,23,27). The van der Waals surface area contributed by atoms with Gasteiger partial charge < -0.3 is 24.1 Å². The largest absolute Gasteiger partial charge is 0.484 e. The maximum Gasteiger partial charge on any atom is 0.407 e. The van der Waals surface area contributed by atoms with Crippen LogP contribution in [0.25, 0.3) is 11.0 Å². The van der Waals surface area contributed by atoms with E-state index in [1.54, 1.807) is 29.2 Å². The predicted molar refractivity (Wildman–Crippen MR) is 112 cm³/mol. The van der Waals surface area contributed by atoms with Gasteiger partial charge in [-0.1, -0.05) is 0 Å². The van der Waals surface area contributed by atoms with Crippen molar-refractivity contribution in [3.63, 3.8) is 0 Å². The first kappa shape index (κ1) is 21.7. The summed E-state index contributed by atoms with van der Waals surface area (Å²) in [6.45, 7) is 7.18. The molecule has 3 rings (SSSR count). The number of benzene rings is 1. The van der Waals surface area contributed by atoms with Crippen LogP contribution in [-0.2, 0) is 9.53 Å². The lowest BCUT2D eigenvalue weighted by atomic mass is 9.97. The number of likely N-dealkylation sites (tertiary alicyclic amines) is 1. The maximum absolute atomic E-state index is 12.5. The fourth-order valence-electron chi connectivity index (χ4n) is 3.30. The minimum atomic E-state index is -0.518. The Morgan fingerprint density at radius 2 is 1.87 bits per heavy atom. The smallest absolute Gasteiger partial charge is 0.407 e. The van der Waals surface area contributed by atoms with E-state index in [9.17, 15) is 14.4 Å². The zero-order chi connectivity index (χ0) is 21.7. The van der Waals surface area contributed by atoms with E-state index in [4.69, 9.17) is 13.9 Å². The third-order valence-electron chi connectivity index (χ3n) is 4.86. The third-order valence-corrected chi connectivity index (χ3v) is 4.86. The Bertz CT molecular complexity index is 954. The quantitative estimate of drug-likeness (QED) is 0.753. The molecule has 1 aliphatic heterocycles. The number of hydrogen-bond donors (Lipinski definition) is 1. The van der Waals surface area contributed by atoms with Crippen molar-refractivity contribution in [3.05, 3.63) is 40.8 Å². The predicted octanol–water partition coefficient (Wildman–Crippen LogP) is 2.94. The summed E-state index contributed by atoms with van der Waals surface area (Å²) >= 11 is 0. The first-order chi connectivity index (χ1) is 14.2. The molecule has 1 aliphatic rings. The SMILES string of the molecule is CC(C)(C)OC(=O)NCC1CCN(C(=O)COc2ccc3ccc(=O)oc3c2)CC1. The molecule has 0 saturated carbocycles. The van der Waals surface area contributed by atoms with E-state index in [0.717, 1.165) is 18.2 Å². The summed E-state index contributed by atoms with van der Waals surface area (Å²) in [4.78, 5) is 37.3. The lowest BCUT2D eigenvalue weighted by molar-refractivity contribution is -0.134. The maximum atomic E-state index is 12.5. The summed E-state index contributed by atoms with van der Waals surface area (Å²) < 4.78 is 16.0. The van der Waals surface area contributed by atoms with E-state index in [-0.39, 0.29) is 12.5 Å². The zero-order valence-corrected chi connectivity index (χ0v) is 17.6. The molecule has 0 unspecified atom stereocenters. The molecule has 0 radical (unpaired) electrons. The second-order valence-electron chi connectivity index (χ2n) is 8.45. The molecule has 30 heavy (non-hydrogen) atoms. The van der Waals surface area contributed by atoms with Crippen LogP contribution in [-0.4, -0.2) is 48.7 Å². The summed E-state index contributed by atoms with van der Waals surface area (Å²) in [5.74, 6) is 0.690. The lowest BCUT2D eigenvalue weighted by Gasteiger charge is -2.32. The monoisotopic (exact) mass is 416 g/mol. The van der Waals surface area contributed by atoms with Crippen LogP contribution >= 0.6 is 0 Å². The van der Waals surface area contributed by atoms with Crippen LogP contribution in [0.3, 0.4) is 0 Å². The zero-order valence-electron chi connectivity index (χ0n) is 17.6. The fraction of sp³-hybridized carbons (Fsp3) is 0.500. The summed E-state index contributed by atoms with van der Waals surface area (Å²) in [6, 6.07) is 8.17. The van der Waals surface area contributed by atoms with Gasteiger partial charge >= 0.3 is 11.7 Å². The van der Waals surface area contributed by atoms with Crippen molar-refractivity contribution in [3.8, 4) is 5.75 Å². The molecule has 1 fully saturated rings. The van der Waals surface area contributed by atoms with Crippen LogP contribution < -0.4 is 15.7 Å². The van der Waals surface area contributed by atoms with E-state index < -0.39 is 17.3 Å². The van der Waals surface area contributed by atoms with Gasteiger partial charge in [0.15, 0.2) is 6.61 Å². The van der Waals surface area contributed by atoms with Gasteiger partial charge in [0.1, 0.15) is 16.9 Å². The van der Waals surface area contributed by atoms with Crippen LogP contribution in [0.5, 0.6) is 5.75 Å². The highest BCUT2D eigenvalue weighted by Crippen LogP contribution is 2.20. The average molecular weight is 416 g/mol. The minimum Gasteiger partial charge on any atom is -0.484 e. The fourth-order valence-corrected chi connectivity index (χ4v) is 3.30. The van der Waals surface area contributed by atoms with Gasteiger partial charge in [-0.05, 0) is 57.7 Å². The molecule has 1 aromatic carbocycles. The molecule has 0 bridgehead atoms. The molecule has 1 saturated heterocycles. The number of alkyl carbamates (subject to hydrolysis) is 1. The van der Waals surface area contributed by atoms with Crippen LogP contribution in [0.15, 0.2) is 39.5 Å². The van der Waals surface area contributed by atoms with Crippen molar-refractivity contribution in [1.29, 1.82) is 0 Å². The van der Waals surface area contributed by atoms with Crippen LogP contribution in [0.2, 0.25) is 0 Å². The number of hydrogen-bond acceptors (Lipinski definition) is 6. The van der Waals surface area contributed by atoms with Crippen molar-refractivity contribution >= 4 is 23.0 Å². The van der Waals surface area contributed by atoms with E-state index in [1.807, 2.05) is 20.8 Å². The van der Waals surface area contributed by atoms with Gasteiger partial charge in [-0.3, -0.25) is 4.79 Å². The Labute approximate surface area is 175 Å². The van der Waals surface area contributed by atoms with Crippen LogP contribution in [0.4, 0.5) is 4.79 Å². The van der Waals surface area contributed by atoms with E-state index in [2.05, 4.69) is 5.32 Å². The molecular weight excluding hydrogens is 388 g/mol. The summed E-state index contributed by atoms with van der Waals surface area (Å²) in [5, 5.41) is 3.59. The van der Waals surface area contributed by atoms with Crippen LogP contribution in [0, 0.1) is 5.92 Å². The van der Waals surface area contributed by atoms with Gasteiger partial charge in [-0.2, -0.15) is 0 Å². The molecule has 8 nitrogen and oxygen atoms in total. The molecular formula is C22H28N2O6. The summed E-state index contributed by atoms with van der Waals surface area (Å²) in [7, 11) is 0. The van der Waals surface area contributed by atoms with Crippen molar-refractivity contribution < 1.29 is 23.5 Å². The molecule has 162 valence electrons. The van der Waals surface area contributed by atoms with Gasteiger partial charge in [-0.25, -0.2) is 9.59 Å². The van der Waals surface area contributed by atoms with Crippen molar-refractivity contribution in [1.82, 2.24) is 10.2 Å². The highest BCUT2D eigenvalue weighted by atomic mass is 16.6. The molecule has 2 heterocycles. The molecule has 1 aromatic heterocycles. The second kappa shape index (κ2) is 9.19. The highest BCUT2D eigenvalue weighted by molar-refractivity contribution is 5.79. The highest BCUT2D eigenvalue weighted by Gasteiger charge is 2.24. The number of ether oxygens (including phenoxy) is 2. The molecule has 0 atom stereocenters. The van der Waals surface area contributed by atoms with Gasteiger partial charge in [-0.15, -0.1) is 0 Å². The van der Waals surface area contributed by atoms with Gasteiger partial charge in [0.05, 0.1) is 0 Å². The normalized spacial score (nSPS) is 15.1. The first-order valence-corrected chi connectivity index (χ1v) is 10.1. The van der Waals surface area contributed by atoms with Crippen LogP contribution in [0.1, 0.15) is 33.6 Å². The number of piperidine rings is 1. The Hall–Kier alpha value is -3.03. The molecule has 2 amide bonds. The first-order valence-electron chi connectivity index (χ1n) is 10.1. The number of nitrogens with one attached hydrogen (secondary N) is 1. The summed E-state index contributed by atoms with van der Waals surface area (Å²) in [5.41, 5.74) is -0.526. The molecule has 0 aliphatic carbocycles. The number of carbonyl (C=O) groups excluding carboxylic acids is 2. The van der Waals surface area contributed by atoms with Crippen molar-refractivity contribution in [2.24, 2.45) is 5.92 Å². The number of nitrogens with zero attached hydrogens (tertiary/aromatic N) is 1. The molecule has 0 spiro atoms. The summed E-state index contributed by atoms with van der Waals surface area (Å²) in [6.07, 6.45) is 1.20. The Kier molecular flexibility index (Phi) is 6.64. The number of amides is 2. The number of fused-ring (bicyclic) bond motifs is 1. The van der Waals surface area contributed by atoms with E-state index >= 15 is 0 Å². The van der Waals surface area contributed by atoms with Gasteiger partial charge in [0.2, 0.25) is 0 Å². The van der Waals surface area contributed by atoms with Gasteiger partial charge in [0.25, 0.3) is 5.91 Å². The third kappa shape index (κ3) is 6.23. The van der Waals surface area contributed by atoms with Crippen molar-refractivity contribution in [2.75, 3.05) is 26.2 Å². The second-order valence-corrected chi connectivity index (χ2v) is 8.45. The van der Waals surface area contributed by atoms with Crippen molar-refractivity contribution in [2.45, 2.75) is 39.2 Å². The Morgan fingerprint density at radius 3 is 2.57 bits per heavy atom. The topological polar surface area (TPSA) is 98.1 Å². The molecule has 2 aromatic rings.